The second kappa shape index (κ2) is 19.3. The maximum absolute atomic E-state index is 2.52. The van der Waals surface area contributed by atoms with E-state index >= 15 is 0 Å². The van der Waals surface area contributed by atoms with Crippen molar-refractivity contribution < 1.29 is 0 Å². The van der Waals surface area contributed by atoms with Gasteiger partial charge in [-0.05, 0) is 18.3 Å². The average molecular weight is 339 g/mol. The van der Waals surface area contributed by atoms with Gasteiger partial charge in [0.05, 0.1) is 0 Å². The van der Waals surface area contributed by atoms with Crippen LogP contribution in [0.1, 0.15) is 143 Å². The van der Waals surface area contributed by atoms with Gasteiger partial charge in [0.25, 0.3) is 0 Å². The Kier molecular flexibility index (Phi) is 19.3. The molecule has 0 rings (SSSR count). The molecule has 0 aromatic heterocycles. The Hall–Kier alpha value is 0. The first-order valence-electron chi connectivity index (χ1n) is 11.7. The second-order valence-electron chi connectivity index (χ2n) is 8.46. The minimum atomic E-state index is 0.957. The van der Waals surface area contributed by atoms with E-state index in [2.05, 4.69) is 27.7 Å². The molecule has 0 aromatic rings. The van der Waals surface area contributed by atoms with Gasteiger partial charge >= 0.3 is 0 Å². The lowest BCUT2D eigenvalue weighted by Crippen LogP contribution is -2.07. The fourth-order valence-corrected chi connectivity index (χ4v) is 4.06. The summed E-state index contributed by atoms with van der Waals surface area (Å²) >= 11 is 0. The lowest BCUT2D eigenvalue weighted by molar-refractivity contribution is 0.313. The van der Waals surface area contributed by atoms with Crippen LogP contribution in [0.5, 0.6) is 0 Å². The van der Waals surface area contributed by atoms with E-state index in [1.807, 2.05) is 0 Å². The molecule has 0 fully saturated rings. The molecule has 0 heterocycles. The highest BCUT2D eigenvalue weighted by Gasteiger charge is 2.13. The normalized spacial score (nSPS) is 14.0. The minimum absolute atomic E-state index is 0.957. The number of hydrogen-bond acceptors (Lipinski definition) is 0. The SMILES string of the molecule is CCCCCCCCC(CCCCCC)CC(C)CCCCCC. The van der Waals surface area contributed by atoms with E-state index in [0.29, 0.717) is 0 Å². The molecule has 2 unspecified atom stereocenters. The van der Waals surface area contributed by atoms with Crippen molar-refractivity contribution in [2.45, 2.75) is 143 Å². The quantitative estimate of drug-likeness (QED) is 0.206. The van der Waals surface area contributed by atoms with Crippen molar-refractivity contribution in [3.05, 3.63) is 0 Å². The van der Waals surface area contributed by atoms with Crippen LogP contribution in [0.25, 0.3) is 0 Å². The van der Waals surface area contributed by atoms with Crippen LogP contribution in [-0.4, -0.2) is 0 Å². The fraction of sp³-hybridized carbons (Fsp3) is 1.00. The van der Waals surface area contributed by atoms with Gasteiger partial charge in [0.2, 0.25) is 0 Å². The van der Waals surface area contributed by atoms with Crippen LogP contribution in [0.2, 0.25) is 0 Å². The van der Waals surface area contributed by atoms with Crippen LogP contribution in [0.4, 0.5) is 0 Å². The van der Waals surface area contributed by atoms with Crippen LogP contribution in [0, 0.1) is 11.8 Å². The lowest BCUT2D eigenvalue weighted by Gasteiger charge is -2.21. The van der Waals surface area contributed by atoms with Crippen LogP contribution < -0.4 is 0 Å². The third kappa shape index (κ3) is 16.8. The molecule has 0 radical (unpaired) electrons. The van der Waals surface area contributed by atoms with Crippen molar-refractivity contribution in [2.24, 2.45) is 11.8 Å². The first-order valence-corrected chi connectivity index (χ1v) is 11.7. The summed E-state index contributed by atoms with van der Waals surface area (Å²) in [5.74, 6) is 1.98. The summed E-state index contributed by atoms with van der Waals surface area (Å²) in [6, 6.07) is 0. The van der Waals surface area contributed by atoms with Gasteiger partial charge in [-0.15, -0.1) is 0 Å². The Balaban J connectivity index is 3.92. The summed E-state index contributed by atoms with van der Waals surface area (Å²) in [6.45, 7) is 9.48. The minimum Gasteiger partial charge on any atom is -0.0654 e. The van der Waals surface area contributed by atoms with Gasteiger partial charge in [-0.25, -0.2) is 0 Å². The molecule has 2 atom stereocenters. The van der Waals surface area contributed by atoms with Crippen LogP contribution in [0.15, 0.2) is 0 Å². The third-order valence-corrected chi connectivity index (χ3v) is 5.72. The van der Waals surface area contributed by atoms with Crippen LogP contribution >= 0.6 is 0 Å². The van der Waals surface area contributed by atoms with Gasteiger partial charge < -0.3 is 0 Å². The lowest BCUT2D eigenvalue weighted by atomic mass is 9.85. The Morgan fingerprint density at radius 1 is 0.458 bits per heavy atom. The summed E-state index contributed by atoms with van der Waals surface area (Å²) in [5.41, 5.74) is 0. The van der Waals surface area contributed by atoms with Crippen molar-refractivity contribution in [1.82, 2.24) is 0 Å². The van der Waals surface area contributed by atoms with E-state index in [1.165, 1.54) is 116 Å². The molecule has 0 heteroatoms. The van der Waals surface area contributed by atoms with Gasteiger partial charge in [0.1, 0.15) is 0 Å². The van der Waals surface area contributed by atoms with Crippen molar-refractivity contribution in [3.63, 3.8) is 0 Å². The fourth-order valence-electron chi connectivity index (χ4n) is 4.06. The topological polar surface area (TPSA) is 0 Å². The molecule has 0 nitrogen and oxygen atoms in total. The van der Waals surface area contributed by atoms with Crippen molar-refractivity contribution in [3.8, 4) is 0 Å². The summed E-state index contributed by atoms with van der Waals surface area (Å²) in [5, 5.41) is 0. The zero-order valence-electron chi connectivity index (χ0n) is 17.9. The zero-order chi connectivity index (χ0) is 17.9. The van der Waals surface area contributed by atoms with Crippen molar-refractivity contribution >= 4 is 0 Å². The third-order valence-electron chi connectivity index (χ3n) is 5.72. The van der Waals surface area contributed by atoms with Crippen molar-refractivity contribution in [2.75, 3.05) is 0 Å². The highest BCUT2D eigenvalue weighted by molar-refractivity contribution is 4.66. The second-order valence-corrected chi connectivity index (χ2v) is 8.46. The maximum Gasteiger partial charge on any atom is -0.0412 e. The van der Waals surface area contributed by atoms with E-state index in [4.69, 9.17) is 0 Å². The first kappa shape index (κ1) is 24.0. The maximum atomic E-state index is 2.52. The Labute approximate surface area is 155 Å². The highest BCUT2D eigenvalue weighted by Crippen LogP contribution is 2.27. The van der Waals surface area contributed by atoms with Crippen LogP contribution in [-0.2, 0) is 0 Å². The highest BCUT2D eigenvalue weighted by atomic mass is 14.2. The van der Waals surface area contributed by atoms with E-state index in [9.17, 15) is 0 Å². The molecule has 24 heavy (non-hydrogen) atoms. The van der Waals surface area contributed by atoms with Gasteiger partial charge in [-0.1, -0.05) is 137 Å². The molecule has 0 N–H and O–H groups in total. The number of hydrogen-bond donors (Lipinski definition) is 0. The Bertz CT molecular complexity index is 220. The smallest absolute Gasteiger partial charge is 0.0412 e. The summed E-state index contributed by atoms with van der Waals surface area (Å²) < 4.78 is 0. The molecule has 0 bridgehead atoms. The van der Waals surface area contributed by atoms with E-state index in [1.54, 1.807) is 0 Å². The van der Waals surface area contributed by atoms with Gasteiger partial charge in [0, 0.05) is 0 Å². The van der Waals surface area contributed by atoms with Crippen LogP contribution in [0.3, 0.4) is 0 Å². The number of rotatable bonds is 19. The first-order chi connectivity index (χ1) is 11.7. The Morgan fingerprint density at radius 3 is 1.33 bits per heavy atom. The predicted molar refractivity (Wildman–Crippen MR) is 113 cm³/mol. The number of unbranched alkanes of at least 4 members (excludes halogenated alkanes) is 11. The van der Waals surface area contributed by atoms with E-state index in [-0.39, 0.29) is 0 Å². The van der Waals surface area contributed by atoms with E-state index < -0.39 is 0 Å². The Morgan fingerprint density at radius 2 is 0.833 bits per heavy atom. The summed E-state index contributed by atoms with van der Waals surface area (Å²) in [6.07, 6.45) is 26.2. The molecule has 0 aliphatic rings. The molecule has 146 valence electrons. The average Bonchev–Trinajstić information content (AvgIpc) is 2.58. The molecule has 0 aliphatic heterocycles. The molecule has 0 saturated heterocycles. The molecule has 0 saturated carbocycles. The molecule has 0 amide bonds. The van der Waals surface area contributed by atoms with Gasteiger partial charge in [-0.3, -0.25) is 0 Å². The molecule has 0 aliphatic carbocycles. The predicted octanol–water partition coefficient (Wildman–Crippen LogP) is 9.32. The van der Waals surface area contributed by atoms with E-state index in [0.717, 1.165) is 11.8 Å². The molecular formula is C24H50. The molecular weight excluding hydrogens is 288 g/mol. The summed E-state index contributed by atoms with van der Waals surface area (Å²) in [4.78, 5) is 0. The summed E-state index contributed by atoms with van der Waals surface area (Å²) in [7, 11) is 0. The monoisotopic (exact) mass is 338 g/mol. The molecule has 0 spiro atoms. The standard InChI is InChI=1S/C24H50/c1-5-8-11-14-15-18-21-24(20-17-13-10-7-3)22-23(4)19-16-12-9-6-2/h23-24H,5-22H2,1-4H3. The largest absolute Gasteiger partial charge is 0.0654 e. The van der Waals surface area contributed by atoms with Gasteiger partial charge in [0.15, 0.2) is 0 Å². The van der Waals surface area contributed by atoms with Crippen molar-refractivity contribution in [1.29, 1.82) is 0 Å². The molecule has 0 aromatic carbocycles. The zero-order valence-corrected chi connectivity index (χ0v) is 17.9. The van der Waals surface area contributed by atoms with Gasteiger partial charge in [-0.2, -0.15) is 0 Å².